The zero-order valence-corrected chi connectivity index (χ0v) is 15.1. The number of aliphatic carboxylic acids is 1. The molecule has 0 spiro atoms. The smallest absolute Gasteiger partial charge is 0.335 e. The number of methoxy groups -OCH3 is 1. The fraction of sp³-hybridized carbons (Fsp3) is 0.938. The van der Waals surface area contributed by atoms with Crippen LogP contribution in [0.3, 0.4) is 0 Å². The molecule has 6 N–H and O–H groups in total. The third-order valence-electron chi connectivity index (χ3n) is 5.12. The van der Waals surface area contributed by atoms with Gasteiger partial charge in [-0.1, -0.05) is 6.92 Å². The van der Waals surface area contributed by atoms with Crippen LogP contribution in [0.25, 0.3) is 0 Å². The van der Waals surface area contributed by atoms with E-state index in [2.05, 4.69) is 0 Å². The molecule has 2 heterocycles. The van der Waals surface area contributed by atoms with Crippen molar-refractivity contribution in [1.29, 1.82) is 0 Å². The minimum Gasteiger partial charge on any atom is -0.479 e. The first-order valence-corrected chi connectivity index (χ1v) is 8.78. The van der Waals surface area contributed by atoms with Crippen LogP contribution in [0.5, 0.6) is 0 Å². The van der Waals surface area contributed by atoms with E-state index in [-0.39, 0.29) is 13.2 Å². The van der Waals surface area contributed by atoms with Crippen molar-refractivity contribution in [2.24, 2.45) is 5.92 Å². The van der Waals surface area contributed by atoms with E-state index in [1.807, 2.05) is 0 Å². The Labute approximate surface area is 156 Å². The first-order chi connectivity index (χ1) is 12.8. The molecule has 0 bridgehead atoms. The maximum Gasteiger partial charge on any atom is 0.335 e. The quantitative estimate of drug-likeness (QED) is 0.259. The van der Waals surface area contributed by atoms with Crippen molar-refractivity contribution in [3.63, 3.8) is 0 Å². The maximum atomic E-state index is 11.2. The molecular weight excluding hydrogens is 368 g/mol. The van der Waals surface area contributed by atoms with Gasteiger partial charge in [0.1, 0.15) is 30.5 Å². The molecular formula is C16H28O11. The van der Waals surface area contributed by atoms with Crippen LogP contribution in [0.15, 0.2) is 0 Å². The van der Waals surface area contributed by atoms with Crippen molar-refractivity contribution in [3.05, 3.63) is 0 Å². The molecule has 11 heteroatoms. The first kappa shape index (κ1) is 22.4. The number of aliphatic hydroxyl groups is 5. The average Bonchev–Trinajstić information content (AvgIpc) is 2.64. The minimum atomic E-state index is -1.70. The van der Waals surface area contributed by atoms with Gasteiger partial charge in [-0.3, -0.25) is 0 Å². The number of hydrogen-bond donors (Lipinski definition) is 6. The molecule has 0 aromatic carbocycles. The van der Waals surface area contributed by atoms with E-state index in [1.165, 1.54) is 7.11 Å². The highest BCUT2D eigenvalue weighted by atomic mass is 16.7. The Hall–Kier alpha value is -0.890. The van der Waals surface area contributed by atoms with Crippen LogP contribution in [-0.2, 0) is 23.7 Å². The van der Waals surface area contributed by atoms with Crippen molar-refractivity contribution in [2.45, 2.75) is 68.5 Å². The Bertz CT molecular complexity index is 487. The van der Waals surface area contributed by atoms with Gasteiger partial charge in [0.15, 0.2) is 12.4 Å². The SMILES string of the molecule is CC[C@@H]1C(CO)O[C@@H](CO[C@H]2C(O)[C@H](OC)OC(C(=O)O)[C@H]2O)C(O)[C@@H]1O. The van der Waals surface area contributed by atoms with Crippen LogP contribution < -0.4 is 0 Å². The normalized spacial score (nSPS) is 45.6. The molecule has 0 saturated carbocycles. The minimum absolute atomic E-state index is 0.367. The van der Waals surface area contributed by atoms with Gasteiger partial charge in [0.2, 0.25) is 0 Å². The summed E-state index contributed by atoms with van der Waals surface area (Å²) in [4.78, 5) is 11.2. The standard InChI is InChI=1S/C16H28O11/c1-3-6-7(4-17)26-8(10(19)9(6)18)5-25-13-11(20)14(15(22)23)27-16(24-2)12(13)21/h6-14,16-21H,3-5H2,1-2H3,(H,22,23)/t6-,7?,8+,9-,10?,11+,12?,13-,14?,16-/m1/s1. The molecule has 2 aliphatic heterocycles. The Morgan fingerprint density at radius 2 is 1.67 bits per heavy atom. The van der Waals surface area contributed by atoms with Crippen molar-refractivity contribution in [1.82, 2.24) is 0 Å². The number of aliphatic hydroxyl groups excluding tert-OH is 5. The lowest BCUT2D eigenvalue weighted by molar-refractivity contribution is -0.302. The highest BCUT2D eigenvalue weighted by molar-refractivity contribution is 5.73. The number of ether oxygens (including phenoxy) is 4. The molecule has 10 atom stereocenters. The monoisotopic (exact) mass is 396 g/mol. The Morgan fingerprint density at radius 3 is 2.19 bits per heavy atom. The fourth-order valence-corrected chi connectivity index (χ4v) is 3.56. The van der Waals surface area contributed by atoms with E-state index in [0.29, 0.717) is 6.42 Å². The van der Waals surface area contributed by atoms with Gasteiger partial charge in [-0.05, 0) is 6.42 Å². The highest BCUT2D eigenvalue weighted by Crippen LogP contribution is 2.30. The topological polar surface area (TPSA) is 175 Å². The van der Waals surface area contributed by atoms with Crippen molar-refractivity contribution in [2.75, 3.05) is 20.3 Å². The van der Waals surface area contributed by atoms with E-state index >= 15 is 0 Å². The van der Waals surface area contributed by atoms with Gasteiger partial charge in [0.05, 0.1) is 25.4 Å². The number of rotatable bonds is 7. The Kier molecular flexibility index (Phi) is 7.92. The zero-order valence-electron chi connectivity index (χ0n) is 15.1. The molecule has 11 nitrogen and oxygen atoms in total. The summed E-state index contributed by atoms with van der Waals surface area (Å²) in [5.41, 5.74) is 0. The Balaban J connectivity index is 2.07. The molecule has 0 aromatic heterocycles. The third kappa shape index (κ3) is 4.58. The molecule has 2 aliphatic rings. The van der Waals surface area contributed by atoms with Crippen LogP contribution in [0, 0.1) is 5.92 Å². The number of carboxylic acid groups (broad SMARTS) is 1. The van der Waals surface area contributed by atoms with E-state index in [4.69, 9.17) is 24.1 Å². The van der Waals surface area contributed by atoms with Gasteiger partial charge < -0.3 is 49.6 Å². The fourth-order valence-electron chi connectivity index (χ4n) is 3.56. The second-order valence-electron chi connectivity index (χ2n) is 6.73. The van der Waals surface area contributed by atoms with E-state index in [0.717, 1.165) is 0 Å². The summed E-state index contributed by atoms with van der Waals surface area (Å²) in [6.07, 6.45) is -11.4. The molecule has 0 amide bonds. The molecule has 2 rings (SSSR count). The van der Waals surface area contributed by atoms with Crippen LogP contribution in [0.1, 0.15) is 13.3 Å². The maximum absolute atomic E-state index is 11.2. The zero-order chi connectivity index (χ0) is 20.3. The summed E-state index contributed by atoms with van der Waals surface area (Å²) >= 11 is 0. The predicted molar refractivity (Wildman–Crippen MR) is 86.6 cm³/mol. The van der Waals surface area contributed by atoms with E-state index in [9.17, 15) is 30.3 Å². The second-order valence-corrected chi connectivity index (χ2v) is 6.73. The summed E-state index contributed by atoms with van der Waals surface area (Å²) in [6.45, 7) is 1.05. The lowest BCUT2D eigenvalue weighted by Gasteiger charge is -2.44. The summed E-state index contributed by atoms with van der Waals surface area (Å²) in [7, 11) is 1.20. The van der Waals surface area contributed by atoms with Gasteiger partial charge in [-0.15, -0.1) is 0 Å². The van der Waals surface area contributed by atoms with E-state index in [1.54, 1.807) is 6.92 Å². The summed E-state index contributed by atoms with van der Waals surface area (Å²) in [5, 5.41) is 59.4. The molecule has 158 valence electrons. The average molecular weight is 396 g/mol. The Morgan fingerprint density at radius 1 is 1.00 bits per heavy atom. The van der Waals surface area contributed by atoms with Gasteiger partial charge in [0, 0.05) is 13.0 Å². The molecule has 0 aliphatic carbocycles. The van der Waals surface area contributed by atoms with Gasteiger partial charge in [-0.2, -0.15) is 0 Å². The number of carboxylic acids is 1. The van der Waals surface area contributed by atoms with Crippen molar-refractivity contribution >= 4 is 5.97 Å². The second kappa shape index (κ2) is 9.54. The van der Waals surface area contributed by atoms with Crippen LogP contribution in [0.2, 0.25) is 0 Å². The molecule has 4 unspecified atom stereocenters. The van der Waals surface area contributed by atoms with Gasteiger partial charge >= 0.3 is 5.97 Å². The molecule has 2 fully saturated rings. The third-order valence-corrected chi connectivity index (χ3v) is 5.12. The summed E-state index contributed by atoms with van der Waals surface area (Å²) in [5.74, 6) is -1.92. The summed E-state index contributed by atoms with van der Waals surface area (Å²) < 4.78 is 20.9. The lowest BCUT2D eigenvalue weighted by Crippen LogP contribution is -2.62. The number of hydrogen-bond acceptors (Lipinski definition) is 10. The lowest BCUT2D eigenvalue weighted by atomic mass is 9.85. The summed E-state index contributed by atoms with van der Waals surface area (Å²) in [6, 6.07) is 0. The van der Waals surface area contributed by atoms with E-state index < -0.39 is 67.0 Å². The largest absolute Gasteiger partial charge is 0.479 e. The van der Waals surface area contributed by atoms with Crippen LogP contribution in [-0.4, -0.2) is 112 Å². The van der Waals surface area contributed by atoms with Gasteiger partial charge in [-0.25, -0.2) is 4.79 Å². The van der Waals surface area contributed by atoms with Crippen LogP contribution >= 0.6 is 0 Å². The number of carbonyl (C=O) groups is 1. The molecule has 2 saturated heterocycles. The molecule has 27 heavy (non-hydrogen) atoms. The highest BCUT2D eigenvalue weighted by Gasteiger charge is 2.50. The van der Waals surface area contributed by atoms with Crippen LogP contribution in [0.4, 0.5) is 0 Å². The predicted octanol–water partition coefficient (Wildman–Crippen LogP) is -2.94. The molecule has 0 radical (unpaired) electrons. The van der Waals surface area contributed by atoms with Crippen molar-refractivity contribution < 1.29 is 54.4 Å². The first-order valence-electron chi connectivity index (χ1n) is 8.78. The van der Waals surface area contributed by atoms with Gasteiger partial charge in [0.25, 0.3) is 0 Å². The molecule has 0 aromatic rings. The van der Waals surface area contributed by atoms with Crippen molar-refractivity contribution in [3.8, 4) is 0 Å².